The molecule has 0 radical (unpaired) electrons. The molecule has 0 heterocycles. The summed E-state index contributed by atoms with van der Waals surface area (Å²) in [4.78, 5) is 11.9. The molecule has 1 aliphatic carbocycles. The van der Waals surface area contributed by atoms with E-state index in [1.54, 1.807) is 0 Å². The van der Waals surface area contributed by atoms with E-state index in [4.69, 9.17) is 16.3 Å². The average Bonchev–Trinajstić information content (AvgIpc) is 2.28. The molecule has 100 valence electrons. The summed E-state index contributed by atoms with van der Waals surface area (Å²) < 4.78 is 5.22. The van der Waals surface area contributed by atoms with Gasteiger partial charge in [0.2, 0.25) is 5.91 Å². The zero-order chi connectivity index (χ0) is 12.3. The fraction of sp³-hybridized carbons (Fsp3) is 0.923. The highest BCUT2D eigenvalue weighted by atomic mass is 35.5. The van der Waals surface area contributed by atoms with Gasteiger partial charge in [0.05, 0.1) is 13.2 Å². The highest BCUT2D eigenvalue weighted by Crippen LogP contribution is 2.22. The molecule has 0 atom stereocenters. The lowest BCUT2D eigenvalue weighted by molar-refractivity contribution is -0.125. The fourth-order valence-electron chi connectivity index (χ4n) is 2.27. The molecule has 0 bridgehead atoms. The quantitative estimate of drug-likeness (QED) is 0.590. The molecule has 1 saturated carbocycles. The van der Waals surface area contributed by atoms with Crippen molar-refractivity contribution in [3.63, 3.8) is 0 Å². The monoisotopic (exact) mass is 261 g/mol. The molecule has 4 heteroatoms. The molecule has 1 fully saturated rings. The number of rotatable bonds is 6. The Morgan fingerprint density at radius 1 is 1.12 bits per heavy atom. The number of carbonyl (C=O) groups is 1. The van der Waals surface area contributed by atoms with E-state index >= 15 is 0 Å². The molecule has 0 aliphatic heterocycles. The van der Waals surface area contributed by atoms with Crippen LogP contribution in [0, 0.1) is 5.92 Å². The highest BCUT2D eigenvalue weighted by molar-refractivity contribution is 6.17. The maximum Gasteiger partial charge on any atom is 0.223 e. The van der Waals surface area contributed by atoms with Crippen LogP contribution in [0.2, 0.25) is 0 Å². The first-order valence-corrected chi connectivity index (χ1v) is 7.29. The second-order valence-electron chi connectivity index (χ2n) is 4.63. The number of carbonyl (C=O) groups excluding carboxylic acids is 1. The first-order valence-electron chi connectivity index (χ1n) is 6.76. The third-order valence-electron chi connectivity index (χ3n) is 3.24. The van der Waals surface area contributed by atoms with E-state index in [1.165, 1.54) is 32.1 Å². The van der Waals surface area contributed by atoms with Gasteiger partial charge in [0.15, 0.2) is 0 Å². The lowest BCUT2D eigenvalue weighted by Gasteiger charge is -2.19. The van der Waals surface area contributed by atoms with Crippen LogP contribution in [0.1, 0.15) is 44.9 Å². The summed E-state index contributed by atoms with van der Waals surface area (Å²) in [7, 11) is 0. The molecule has 0 aromatic heterocycles. The van der Waals surface area contributed by atoms with Crippen LogP contribution in [-0.2, 0) is 9.53 Å². The Hall–Kier alpha value is -0.280. The normalized spacial score (nSPS) is 18.4. The minimum Gasteiger partial charge on any atom is -0.378 e. The zero-order valence-corrected chi connectivity index (χ0v) is 11.3. The second-order valence-corrected chi connectivity index (χ2v) is 5.01. The van der Waals surface area contributed by atoms with Gasteiger partial charge in [-0.3, -0.25) is 4.79 Å². The van der Waals surface area contributed by atoms with Crippen molar-refractivity contribution in [3.8, 4) is 0 Å². The smallest absolute Gasteiger partial charge is 0.223 e. The highest BCUT2D eigenvalue weighted by Gasteiger charge is 2.18. The van der Waals surface area contributed by atoms with E-state index in [0.29, 0.717) is 25.6 Å². The number of hydrogen-bond donors (Lipinski definition) is 1. The summed E-state index contributed by atoms with van der Waals surface area (Å²) in [5.41, 5.74) is 0. The molecule has 0 spiro atoms. The van der Waals surface area contributed by atoms with Crippen molar-refractivity contribution >= 4 is 17.5 Å². The fourth-order valence-corrected chi connectivity index (χ4v) is 2.37. The van der Waals surface area contributed by atoms with Gasteiger partial charge in [0.25, 0.3) is 0 Å². The summed E-state index contributed by atoms with van der Waals surface area (Å²) >= 11 is 5.49. The molecule has 3 nitrogen and oxygen atoms in total. The zero-order valence-electron chi connectivity index (χ0n) is 10.5. The molecular formula is C13H24ClNO2. The molecule has 1 rings (SSSR count). The first-order chi connectivity index (χ1) is 8.34. The summed E-state index contributed by atoms with van der Waals surface area (Å²) in [6.45, 7) is 1.72. The number of halogens is 1. The van der Waals surface area contributed by atoms with Gasteiger partial charge in [-0.25, -0.2) is 0 Å². The van der Waals surface area contributed by atoms with Crippen molar-refractivity contribution in [2.75, 3.05) is 25.6 Å². The van der Waals surface area contributed by atoms with Crippen molar-refractivity contribution in [2.24, 2.45) is 5.92 Å². The van der Waals surface area contributed by atoms with Gasteiger partial charge in [0.1, 0.15) is 0 Å². The molecule has 1 N–H and O–H groups in total. The van der Waals surface area contributed by atoms with Crippen LogP contribution >= 0.6 is 11.6 Å². The standard InChI is InChI=1S/C13H24ClNO2/c14-8-10-17-11-9-15-13(16)12-6-4-2-1-3-5-7-12/h12H,1-11H2,(H,15,16). The number of amides is 1. The minimum absolute atomic E-state index is 0.210. The van der Waals surface area contributed by atoms with Crippen molar-refractivity contribution in [3.05, 3.63) is 0 Å². The van der Waals surface area contributed by atoms with Crippen molar-refractivity contribution in [2.45, 2.75) is 44.9 Å². The minimum atomic E-state index is 0.210. The molecule has 0 aromatic rings. The van der Waals surface area contributed by atoms with Crippen LogP contribution in [0.5, 0.6) is 0 Å². The van der Waals surface area contributed by atoms with Gasteiger partial charge in [-0.15, -0.1) is 11.6 Å². The predicted octanol–water partition coefficient (Wildman–Crippen LogP) is 2.72. The van der Waals surface area contributed by atoms with Crippen molar-refractivity contribution in [1.82, 2.24) is 5.32 Å². The largest absolute Gasteiger partial charge is 0.378 e. The van der Waals surface area contributed by atoms with Crippen LogP contribution in [-0.4, -0.2) is 31.5 Å². The van der Waals surface area contributed by atoms with E-state index in [9.17, 15) is 4.79 Å². The summed E-state index contributed by atoms with van der Waals surface area (Å²) in [5, 5.41) is 2.95. The first kappa shape index (κ1) is 14.8. The Bertz CT molecular complexity index is 204. The lowest BCUT2D eigenvalue weighted by Crippen LogP contribution is -2.33. The van der Waals surface area contributed by atoms with Gasteiger partial charge in [-0.1, -0.05) is 32.1 Å². The topological polar surface area (TPSA) is 38.3 Å². The lowest BCUT2D eigenvalue weighted by atomic mass is 9.90. The van der Waals surface area contributed by atoms with Gasteiger partial charge < -0.3 is 10.1 Å². The van der Waals surface area contributed by atoms with Gasteiger partial charge in [-0.05, 0) is 12.8 Å². The summed E-state index contributed by atoms with van der Waals surface area (Å²) in [6.07, 6.45) is 8.39. The Morgan fingerprint density at radius 2 is 1.76 bits per heavy atom. The molecule has 0 saturated heterocycles. The molecule has 17 heavy (non-hydrogen) atoms. The van der Waals surface area contributed by atoms with E-state index in [-0.39, 0.29) is 11.8 Å². The third kappa shape index (κ3) is 6.89. The second kappa shape index (κ2) is 9.72. The third-order valence-corrected chi connectivity index (χ3v) is 3.40. The Morgan fingerprint density at radius 3 is 2.41 bits per heavy atom. The SMILES string of the molecule is O=C(NCCOCCCl)C1CCCCCCC1. The maximum absolute atomic E-state index is 11.9. The van der Waals surface area contributed by atoms with Crippen LogP contribution in [0.4, 0.5) is 0 Å². The van der Waals surface area contributed by atoms with Gasteiger partial charge in [0, 0.05) is 18.3 Å². The van der Waals surface area contributed by atoms with E-state index in [2.05, 4.69) is 5.32 Å². The van der Waals surface area contributed by atoms with E-state index in [1.807, 2.05) is 0 Å². The predicted molar refractivity (Wildman–Crippen MR) is 70.4 cm³/mol. The molecular weight excluding hydrogens is 238 g/mol. The van der Waals surface area contributed by atoms with Crippen LogP contribution in [0.15, 0.2) is 0 Å². The van der Waals surface area contributed by atoms with Crippen molar-refractivity contribution < 1.29 is 9.53 Å². The van der Waals surface area contributed by atoms with E-state index in [0.717, 1.165) is 12.8 Å². The summed E-state index contributed by atoms with van der Waals surface area (Å²) in [5.74, 6) is 0.945. The average molecular weight is 262 g/mol. The van der Waals surface area contributed by atoms with Crippen LogP contribution in [0.25, 0.3) is 0 Å². The van der Waals surface area contributed by atoms with E-state index < -0.39 is 0 Å². The van der Waals surface area contributed by atoms with Crippen LogP contribution in [0.3, 0.4) is 0 Å². The molecule has 1 aliphatic rings. The van der Waals surface area contributed by atoms with Crippen molar-refractivity contribution in [1.29, 1.82) is 0 Å². The molecule has 0 aromatic carbocycles. The molecule has 0 unspecified atom stereocenters. The molecule has 1 amide bonds. The maximum atomic E-state index is 11.9. The number of hydrogen-bond acceptors (Lipinski definition) is 2. The van der Waals surface area contributed by atoms with Crippen LogP contribution < -0.4 is 5.32 Å². The summed E-state index contributed by atoms with van der Waals surface area (Å²) in [6, 6.07) is 0. The Kier molecular flexibility index (Phi) is 8.45. The number of alkyl halides is 1. The number of ether oxygens (including phenoxy) is 1. The Balaban J connectivity index is 2.11. The number of nitrogens with one attached hydrogen (secondary N) is 1. The van der Waals surface area contributed by atoms with Gasteiger partial charge in [-0.2, -0.15) is 0 Å². The Labute approximate surface area is 109 Å². The van der Waals surface area contributed by atoms with Gasteiger partial charge >= 0.3 is 0 Å².